The Morgan fingerprint density at radius 2 is 2.04 bits per heavy atom. The molecule has 130 valence electrons. The second kappa shape index (κ2) is 8.25. The first kappa shape index (κ1) is 18.4. The van der Waals surface area contributed by atoms with Gasteiger partial charge in [-0.1, -0.05) is 29.3 Å². The lowest BCUT2D eigenvalue weighted by Crippen LogP contribution is -2.26. The average Bonchev–Trinajstić information content (AvgIpc) is 2.55. The van der Waals surface area contributed by atoms with Crippen molar-refractivity contribution >= 4 is 35.1 Å². The van der Waals surface area contributed by atoms with Crippen LogP contribution in [-0.2, 0) is 4.79 Å². The number of anilines is 1. The first-order valence-corrected chi connectivity index (χ1v) is 7.81. The number of nitrogens with zero attached hydrogens (tertiary/aromatic N) is 2. The fourth-order valence-electron chi connectivity index (χ4n) is 2.14. The number of carbonyl (C=O) groups is 1. The van der Waals surface area contributed by atoms with E-state index in [9.17, 15) is 14.9 Å². The van der Waals surface area contributed by atoms with Gasteiger partial charge in [0.05, 0.1) is 17.7 Å². The van der Waals surface area contributed by atoms with Gasteiger partial charge in [0.2, 0.25) is 0 Å². The zero-order valence-electron chi connectivity index (χ0n) is 13.7. The van der Waals surface area contributed by atoms with Gasteiger partial charge < -0.3 is 5.32 Å². The predicted molar refractivity (Wildman–Crippen MR) is 98.2 cm³/mol. The number of carbonyl (C=O) groups excluding carboxylic acids is 1. The molecule has 2 N–H and O–H groups in total. The number of nitro groups is 1. The van der Waals surface area contributed by atoms with Crippen molar-refractivity contribution in [2.45, 2.75) is 13.8 Å². The first-order valence-electron chi connectivity index (χ1n) is 7.44. The molecule has 7 nitrogen and oxygen atoms in total. The lowest BCUT2D eigenvalue weighted by atomic mass is 10.1. The lowest BCUT2D eigenvalue weighted by molar-refractivity contribution is -0.384. The van der Waals surface area contributed by atoms with Gasteiger partial charge in [0.1, 0.15) is 0 Å². The van der Waals surface area contributed by atoms with E-state index >= 15 is 0 Å². The maximum atomic E-state index is 11.8. The number of non-ortho nitro benzene ring substituents is 1. The highest BCUT2D eigenvalue weighted by atomic mass is 35.5. The third-order valence-corrected chi connectivity index (χ3v) is 3.75. The summed E-state index contributed by atoms with van der Waals surface area (Å²) < 4.78 is 0. The molecule has 0 saturated heterocycles. The summed E-state index contributed by atoms with van der Waals surface area (Å²) in [5, 5.41) is 17.9. The number of nitro benzene ring substituents is 1. The molecule has 0 fully saturated rings. The first-order chi connectivity index (χ1) is 11.9. The van der Waals surface area contributed by atoms with Crippen molar-refractivity contribution in [2.24, 2.45) is 5.10 Å². The van der Waals surface area contributed by atoms with Crippen LogP contribution in [0, 0.1) is 24.0 Å². The van der Waals surface area contributed by atoms with Gasteiger partial charge in [0.25, 0.3) is 11.6 Å². The van der Waals surface area contributed by atoms with Crippen molar-refractivity contribution in [2.75, 3.05) is 11.9 Å². The zero-order chi connectivity index (χ0) is 18.4. The maximum absolute atomic E-state index is 11.8. The third-order valence-electron chi connectivity index (χ3n) is 3.40. The highest BCUT2D eigenvalue weighted by Crippen LogP contribution is 2.20. The molecule has 0 atom stereocenters. The molecule has 1 amide bonds. The molecule has 0 aliphatic heterocycles. The molecule has 0 saturated carbocycles. The number of benzene rings is 2. The summed E-state index contributed by atoms with van der Waals surface area (Å²) in [5.41, 5.74) is 5.64. The van der Waals surface area contributed by atoms with E-state index in [1.807, 2.05) is 32.0 Å². The van der Waals surface area contributed by atoms with Gasteiger partial charge in [-0.15, -0.1) is 0 Å². The Morgan fingerprint density at radius 1 is 1.28 bits per heavy atom. The van der Waals surface area contributed by atoms with E-state index in [0.29, 0.717) is 10.6 Å². The highest BCUT2D eigenvalue weighted by Gasteiger charge is 2.08. The van der Waals surface area contributed by atoms with E-state index in [-0.39, 0.29) is 18.1 Å². The number of aryl methyl sites for hydroxylation is 2. The van der Waals surface area contributed by atoms with Crippen LogP contribution in [0.2, 0.25) is 5.02 Å². The fourth-order valence-corrected chi connectivity index (χ4v) is 2.31. The topological polar surface area (TPSA) is 96.6 Å². The van der Waals surface area contributed by atoms with Gasteiger partial charge in [-0.2, -0.15) is 5.10 Å². The van der Waals surface area contributed by atoms with Gasteiger partial charge >= 0.3 is 0 Å². The summed E-state index contributed by atoms with van der Waals surface area (Å²) >= 11 is 5.95. The molecule has 0 aliphatic carbocycles. The molecule has 0 spiro atoms. The monoisotopic (exact) mass is 360 g/mol. The number of halogens is 1. The third kappa shape index (κ3) is 5.29. The van der Waals surface area contributed by atoms with Crippen LogP contribution in [0.15, 0.2) is 41.5 Å². The Labute approximate surface area is 149 Å². The number of hydrazone groups is 1. The number of amides is 1. The van der Waals surface area contributed by atoms with Crippen LogP contribution >= 0.6 is 11.6 Å². The van der Waals surface area contributed by atoms with Gasteiger partial charge in [0.15, 0.2) is 0 Å². The van der Waals surface area contributed by atoms with E-state index in [0.717, 1.165) is 16.8 Å². The quantitative estimate of drug-likeness (QED) is 0.468. The molecule has 0 bridgehead atoms. The molecule has 0 aliphatic rings. The summed E-state index contributed by atoms with van der Waals surface area (Å²) in [7, 11) is 0. The molecule has 0 radical (unpaired) electrons. The average molecular weight is 361 g/mol. The minimum atomic E-state index is -0.528. The van der Waals surface area contributed by atoms with Gasteiger partial charge in [-0.05, 0) is 31.5 Å². The Balaban J connectivity index is 1.92. The Hall–Kier alpha value is -2.93. The molecule has 2 rings (SSSR count). The summed E-state index contributed by atoms with van der Waals surface area (Å²) in [6, 6.07) is 9.87. The normalized spacial score (nSPS) is 10.7. The second-order valence-electron chi connectivity index (χ2n) is 5.43. The largest absolute Gasteiger partial charge is 0.376 e. The SMILES string of the molecule is Cc1ccc(NCC(=O)N/N=C\c2cc([N+](=O)[O-])ccc2Cl)c(C)c1. The maximum Gasteiger partial charge on any atom is 0.270 e. The standard InChI is InChI=1S/C17H17ClN4O3/c1-11-3-6-16(12(2)7-11)19-10-17(23)21-20-9-13-8-14(22(24)25)4-5-15(13)18/h3-9,19H,10H2,1-2H3,(H,21,23)/b20-9-. The van der Waals surface area contributed by atoms with Crippen LogP contribution in [-0.4, -0.2) is 23.6 Å². The van der Waals surface area contributed by atoms with E-state index < -0.39 is 4.92 Å². The molecular weight excluding hydrogens is 344 g/mol. The second-order valence-corrected chi connectivity index (χ2v) is 5.84. The predicted octanol–water partition coefficient (Wildman–Crippen LogP) is 3.43. The number of hydrogen-bond donors (Lipinski definition) is 2. The van der Waals surface area contributed by atoms with Crippen molar-refractivity contribution in [1.29, 1.82) is 0 Å². The molecule has 0 unspecified atom stereocenters. The van der Waals surface area contributed by atoms with Crippen LogP contribution in [0.4, 0.5) is 11.4 Å². The summed E-state index contributed by atoms with van der Waals surface area (Å²) in [5.74, 6) is -0.349. The van der Waals surface area contributed by atoms with Gasteiger partial charge in [-0.25, -0.2) is 5.43 Å². The van der Waals surface area contributed by atoms with E-state index in [1.165, 1.54) is 24.4 Å². The Bertz CT molecular complexity index is 837. The minimum Gasteiger partial charge on any atom is -0.376 e. The van der Waals surface area contributed by atoms with E-state index in [4.69, 9.17) is 11.6 Å². The molecule has 8 heteroatoms. The van der Waals surface area contributed by atoms with Crippen molar-refractivity contribution in [1.82, 2.24) is 5.43 Å². The van der Waals surface area contributed by atoms with Crippen LogP contribution in [0.1, 0.15) is 16.7 Å². The zero-order valence-corrected chi connectivity index (χ0v) is 14.5. The Kier molecular flexibility index (Phi) is 6.08. The van der Waals surface area contributed by atoms with Crippen molar-refractivity contribution in [3.05, 3.63) is 68.2 Å². The Morgan fingerprint density at radius 3 is 2.72 bits per heavy atom. The van der Waals surface area contributed by atoms with Crippen molar-refractivity contribution in [3.63, 3.8) is 0 Å². The molecule has 2 aromatic carbocycles. The molecule has 0 aromatic heterocycles. The minimum absolute atomic E-state index is 0.0455. The fraction of sp³-hybridized carbons (Fsp3) is 0.176. The highest BCUT2D eigenvalue weighted by molar-refractivity contribution is 6.33. The van der Waals surface area contributed by atoms with E-state index in [2.05, 4.69) is 15.8 Å². The summed E-state index contributed by atoms with van der Waals surface area (Å²) in [6.45, 7) is 4.00. The summed E-state index contributed by atoms with van der Waals surface area (Å²) in [4.78, 5) is 22.0. The van der Waals surface area contributed by atoms with Crippen molar-refractivity contribution < 1.29 is 9.72 Å². The van der Waals surface area contributed by atoms with Crippen LogP contribution < -0.4 is 10.7 Å². The van der Waals surface area contributed by atoms with Crippen LogP contribution in [0.25, 0.3) is 0 Å². The molecular formula is C17H17ClN4O3. The van der Waals surface area contributed by atoms with Gasteiger partial charge in [-0.3, -0.25) is 14.9 Å². The van der Waals surface area contributed by atoms with Crippen LogP contribution in [0.5, 0.6) is 0 Å². The number of hydrogen-bond acceptors (Lipinski definition) is 5. The molecule has 2 aromatic rings. The smallest absolute Gasteiger partial charge is 0.270 e. The number of nitrogens with one attached hydrogen (secondary N) is 2. The van der Waals surface area contributed by atoms with Crippen molar-refractivity contribution in [3.8, 4) is 0 Å². The van der Waals surface area contributed by atoms with Gasteiger partial charge in [0, 0.05) is 28.4 Å². The summed E-state index contributed by atoms with van der Waals surface area (Å²) in [6.07, 6.45) is 1.27. The van der Waals surface area contributed by atoms with E-state index in [1.54, 1.807) is 0 Å². The molecule has 25 heavy (non-hydrogen) atoms. The molecule has 0 heterocycles. The van der Waals surface area contributed by atoms with Crippen LogP contribution in [0.3, 0.4) is 0 Å². The number of rotatable bonds is 6. The lowest BCUT2D eigenvalue weighted by Gasteiger charge is -2.09.